The summed E-state index contributed by atoms with van der Waals surface area (Å²) in [5, 5.41) is 0. The Kier molecular flexibility index (Phi) is 4.00. The lowest BCUT2D eigenvalue weighted by molar-refractivity contribution is 0.228. The molecule has 0 spiro atoms. The zero-order valence-electron chi connectivity index (χ0n) is 7.63. The third kappa shape index (κ3) is 3.57. The number of aromatic nitrogens is 2. The summed E-state index contributed by atoms with van der Waals surface area (Å²) in [6.45, 7) is 0.589. The lowest BCUT2D eigenvalue weighted by Gasteiger charge is -2.14. The fraction of sp³-hybridized carbons (Fsp3) is 0.111. The highest BCUT2D eigenvalue weighted by Gasteiger charge is 2.03. The van der Waals surface area contributed by atoms with Crippen LogP contribution in [0, 0.1) is 0 Å². The number of urea groups is 1. The highest BCUT2D eigenvalue weighted by atomic mass is 16.2. The van der Waals surface area contributed by atoms with E-state index in [1.165, 1.54) is 4.90 Å². The maximum Gasteiger partial charge on any atom is 0.319 e. The van der Waals surface area contributed by atoms with E-state index in [0.29, 0.717) is 6.54 Å². The number of nitrogens with zero attached hydrogens (tertiary/aromatic N) is 2. The van der Waals surface area contributed by atoms with Crippen LogP contribution in [-0.2, 0) is 0 Å². The summed E-state index contributed by atoms with van der Waals surface area (Å²) in [6.07, 6.45) is 12.3. The summed E-state index contributed by atoms with van der Waals surface area (Å²) in [5.74, 6) is 0. The summed E-state index contributed by atoms with van der Waals surface area (Å²) in [7, 11) is 0. The van der Waals surface area contributed by atoms with E-state index in [2.05, 4.69) is 9.97 Å². The molecule has 2 heterocycles. The molecular weight excluding hydrogens is 180 g/mol. The van der Waals surface area contributed by atoms with Gasteiger partial charge in [0.05, 0.1) is 6.33 Å². The van der Waals surface area contributed by atoms with Crippen LogP contribution in [0.15, 0.2) is 43.1 Å². The topological polar surface area (TPSA) is 75.0 Å². The third-order valence-electron chi connectivity index (χ3n) is 1.50. The number of nitrogens with one attached hydrogen (secondary N) is 1. The number of H-pyrrole nitrogens is 1. The number of nitrogens with two attached hydrogens (primary N) is 1. The Labute approximate surface area is 81.9 Å². The predicted molar refractivity (Wildman–Crippen MR) is 53.2 cm³/mol. The second-order valence-electron chi connectivity index (χ2n) is 2.52. The minimum Gasteiger partial charge on any atom is -0.351 e. The molecule has 0 bridgehead atoms. The highest BCUT2D eigenvalue weighted by molar-refractivity contribution is 5.73. The predicted octanol–water partition coefficient (Wildman–Crippen LogP) is 0.860. The van der Waals surface area contributed by atoms with E-state index in [1.54, 1.807) is 31.0 Å². The molecule has 0 atom stereocenters. The van der Waals surface area contributed by atoms with Gasteiger partial charge < -0.3 is 10.7 Å². The van der Waals surface area contributed by atoms with Gasteiger partial charge in [-0.15, -0.1) is 0 Å². The van der Waals surface area contributed by atoms with E-state index in [-0.39, 0.29) is 0 Å². The molecule has 1 aliphatic rings. The molecule has 1 aromatic heterocycles. The lowest BCUT2D eigenvalue weighted by Crippen LogP contribution is -2.31. The van der Waals surface area contributed by atoms with Gasteiger partial charge in [0.1, 0.15) is 0 Å². The Morgan fingerprint density at radius 3 is 2.64 bits per heavy atom. The summed E-state index contributed by atoms with van der Waals surface area (Å²) in [4.78, 5) is 18.3. The molecular formula is C9H12N4O. The zero-order valence-corrected chi connectivity index (χ0v) is 7.63. The van der Waals surface area contributed by atoms with Crippen LogP contribution in [0.1, 0.15) is 0 Å². The number of primary amides is 1. The molecule has 0 fully saturated rings. The van der Waals surface area contributed by atoms with Crippen molar-refractivity contribution in [2.75, 3.05) is 6.54 Å². The number of amides is 2. The van der Waals surface area contributed by atoms with E-state index in [0.717, 1.165) is 0 Å². The van der Waals surface area contributed by atoms with Crippen molar-refractivity contribution in [3.63, 3.8) is 0 Å². The van der Waals surface area contributed by atoms with Gasteiger partial charge in [-0.1, -0.05) is 12.2 Å². The first-order chi connectivity index (χ1) is 6.80. The number of hydrogen-bond donors (Lipinski definition) is 2. The summed E-state index contributed by atoms with van der Waals surface area (Å²) >= 11 is 0. The van der Waals surface area contributed by atoms with Crippen molar-refractivity contribution in [3.8, 4) is 0 Å². The van der Waals surface area contributed by atoms with Crippen molar-refractivity contribution in [1.82, 2.24) is 14.9 Å². The summed E-state index contributed by atoms with van der Waals surface area (Å²) < 4.78 is 0. The molecule has 0 saturated heterocycles. The standard InChI is InChI=1S/C6H8N2O.C3H4N2/c7-6(9)8-4-2-1-3-5-8;1-2-5-3-4-1/h1-4H,5H2,(H2,7,9);1-3H,(H,4,5). The smallest absolute Gasteiger partial charge is 0.319 e. The normalized spacial score (nSPS) is 13.3. The summed E-state index contributed by atoms with van der Waals surface area (Å²) in [6, 6.07) is -0.407. The van der Waals surface area contributed by atoms with Crippen molar-refractivity contribution >= 4 is 6.03 Å². The number of allylic oxidation sites excluding steroid dienone is 2. The number of imidazole rings is 1. The average molecular weight is 192 g/mol. The maximum atomic E-state index is 10.4. The van der Waals surface area contributed by atoms with Crippen molar-refractivity contribution in [2.24, 2.45) is 5.73 Å². The van der Waals surface area contributed by atoms with Crippen LogP contribution < -0.4 is 5.73 Å². The van der Waals surface area contributed by atoms with Crippen LogP contribution in [-0.4, -0.2) is 27.4 Å². The average Bonchev–Trinajstić information content (AvgIpc) is 2.77. The first-order valence-corrected chi connectivity index (χ1v) is 4.13. The molecule has 3 N–H and O–H groups in total. The molecule has 0 radical (unpaired) electrons. The van der Waals surface area contributed by atoms with Crippen LogP contribution in [0.25, 0.3) is 0 Å². The van der Waals surface area contributed by atoms with Crippen molar-refractivity contribution < 1.29 is 4.79 Å². The van der Waals surface area contributed by atoms with E-state index in [9.17, 15) is 4.79 Å². The molecule has 2 amide bonds. The number of carbonyl (C=O) groups is 1. The van der Waals surface area contributed by atoms with Gasteiger partial charge in [-0.3, -0.25) is 4.90 Å². The number of rotatable bonds is 0. The van der Waals surface area contributed by atoms with E-state index in [4.69, 9.17) is 5.73 Å². The fourth-order valence-corrected chi connectivity index (χ4v) is 0.846. The molecule has 2 rings (SSSR count). The van der Waals surface area contributed by atoms with Crippen molar-refractivity contribution in [2.45, 2.75) is 0 Å². The maximum absolute atomic E-state index is 10.4. The van der Waals surface area contributed by atoms with Crippen LogP contribution in [0.2, 0.25) is 0 Å². The monoisotopic (exact) mass is 192 g/mol. The molecule has 74 valence electrons. The molecule has 14 heavy (non-hydrogen) atoms. The van der Waals surface area contributed by atoms with Crippen LogP contribution in [0.4, 0.5) is 4.79 Å². The minimum absolute atomic E-state index is 0.407. The molecule has 0 saturated carbocycles. The van der Waals surface area contributed by atoms with E-state index < -0.39 is 6.03 Å². The Balaban J connectivity index is 0.000000165. The van der Waals surface area contributed by atoms with Gasteiger partial charge >= 0.3 is 6.03 Å². The van der Waals surface area contributed by atoms with Crippen molar-refractivity contribution in [1.29, 1.82) is 0 Å². The third-order valence-corrected chi connectivity index (χ3v) is 1.50. The van der Waals surface area contributed by atoms with Crippen LogP contribution in [0.3, 0.4) is 0 Å². The van der Waals surface area contributed by atoms with Gasteiger partial charge in [-0.05, 0) is 6.08 Å². The fourth-order valence-electron chi connectivity index (χ4n) is 0.846. The second-order valence-corrected chi connectivity index (χ2v) is 2.52. The molecule has 1 aromatic rings. The van der Waals surface area contributed by atoms with Gasteiger partial charge in [0, 0.05) is 25.1 Å². The highest BCUT2D eigenvalue weighted by Crippen LogP contribution is 1.95. The lowest BCUT2D eigenvalue weighted by atomic mass is 10.4. The van der Waals surface area contributed by atoms with Gasteiger partial charge in [-0.2, -0.15) is 0 Å². The zero-order chi connectivity index (χ0) is 10.2. The Bertz CT molecular complexity index is 298. The quantitative estimate of drug-likeness (QED) is 0.639. The van der Waals surface area contributed by atoms with E-state index in [1.807, 2.05) is 12.2 Å². The Morgan fingerprint density at radius 2 is 2.36 bits per heavy atom. The van der Waals surface area contributed by atoms with Crippen molar-refractivity contribution in [3.05, 3.63) is 43.1 Å². The molecule has 0 aliphatic carbocycles. The van der Waals surface area contributed by atoms with Gasteiger partial charge in [0.15, 0.2) is 0 Å². The van der Waals surface area contributed by atoms with E-state index >= 15 is 0 Å². The molecule has 5 heteroatoms. The Hall–Kier alpha value is -2.04. The first kappa shape index (κ1) is 10.0. The number of aromatic amines is 1. The van der Waals surface area contributed by atoms with Crippen LogP contribution >= 0.6 is 0 Å². The first-order valence-electron chi connectivity index (χ1n) is 4.13. The molecule has 0 aromatic carbocycles. The molecule has 0 unspecified atom stereocenters. The molecule has 1 aliphatic heterocycles. The minimum atomic E-state index is -0.407. The second kappa shape index (κ2) is 5.58. The van der Waals surface area contributed by atoms with Crippen LogP contribution in [0.5, 0.6) is 0 Å². The van der Waals surface area contributed by atoms with Gasteiger partial charge in [-0.25, -0.2) is 9.78 Å². The largest absolute Gasteiger partial charge is 0.351 e. The molecule has 5 nitrogen and oxygen atoms in total. The number of hydrogen-bond acceptors (Lipinski definition) is 2. The SMILES string of the molecule is NC(=O)N1C=CC=CC1.c1c[nH]cn1. The number of carbonyl (C=O) groups excluding carboxylic acids is 1. The summed E-state index contributed by atoms with van der Waals surface area (Å²) in [5.41, 5.74) is 4.97. The van der Waals surface area contributed by atoms with Gasteiger partial charge in [0.25, 0.3) is 0 Å². The Morgan fingerprint density at radius 1 is 1.50 bits per heavy atom. The van der Waals surface area contributed by atoms with Gasteiger partial charge in [0.2, 0.25) is 0 Å².